The summed E-state index contributed by atoms with van der Waals surface area (Å²) in [5.41, 5.74) is 0.443. The van der Waals surface area contributed by atoms with Crippen LogP contribution in [0.2, 0.25) is 0 Å². The van der Waals surface area contributed by atoms with Gasteiger partial charge in [0, 0.05) is 12.4 Å². The lowest BCUT2D eigenvalue weighted by Crippen LogP contribution is -2.39. The standard InChI is InChI=1S/C22H23N9O13P2/c32-13-15-9(41-21(13)30-7-26-11-17-23-1-2-29(17)6-28-18(11)30)3-39-46(37,38)44-16-10(4-40-45(35,36)43-15)42-22(14(16)33)31-8-27-12-19(31)24-5-25-20(12)34/h1-2,5-10,13-16,21-22,32-33H,3-4H2,(H,35,36)(H,37,38)(H,24,25,34)/t9-,10-,13-,14-,15-,16-,21-,22-/m1/s1. The summed E-state index contributed by atoms with van der Waals surface area (Å²) >= 11 is 0. The molecule has 3 saturated heterocycles. The predicted octanol–water partition coefficient (Wildman–Crippen LogP) is -1.25. The maximum Gasteiger partial charge on any atom is 0.472 e. The fourth-order valence-electron chi connectivity index (χ4n) is 5.71. The van der Waals surface area contributed by atoms with Crippen molar-refractivity contribution in [3.8, 4) is 0 Å². The molecule has 0 radical (unpaired) electrons. The smallest absolute Gasteiger partial charge is 0.386 e. The van der Waals surface area contributed by atoms with Crippen LogP contribution in [-0.4, -0.2) is 113 Å². The largest absolute Gasteiger partial charge is 0.472 e. The summed E-state index contributed by atoms with van der Waals surface area (Å²) in [6.07, 6.45) is -4.02. The minimum atomic E-state index is -5.03. The first-order valence-electron chi connectivity index (χ1n) is 13.5. The Morgan fingerprint density at radius 1 is 0.761 bits per heavy atom. The van der Waals surface area contributed by atoms with Gasteiger partial charge in [-0.15, -0.1) is 0 Å². The molecular weight excluding hydrogens is 660 g/mol. The van der Waals surface area contributed by atoms with E-state index in [0.717, 1.165) is 12.7 Å². The van der Waals surface area contributed by atoms with Gasteiger partial charge < -0.3 is 34.5 Å². The summed E-state index contributed by atoms with van der Waals surface area (Å²) in [7, 11) is -10.1. The van der Waals surface area contributed by atoms with Crippen LogP contribution in [0, 0.1) is 0 Å². The molecule has 0 spiro atoms. The van der Waals surface area contributed by atoms with Crippen LogP contribution in [0.15, 0.2) is 42.5 Å². The lowest BCUT2D eigenvalue weighted by Gasteiger charge is -2.27. The fraction of sp³-hybridized carbons (Fsp3) is 0.455. The highest BCUT2D eigenvalue weighted by Crippen LogP contribution is 2.53. The number of hydrogen-bond acceptors (Lipinski definition) is 16. The number of aliphatic hydroxyl groups excluding tert-OH is 2. The van der Waals surface area contributed by atoms with Crippen molar-refractivity contribution >= 4 is 43.6 Å². The quantitative estimate of drug-likeness (QED) is 0.136. The third-order valence-corrected chi connectivity index (χ3v) is 9.77. The minimum absolute atomic E-state index is 0.00853. The van der Waals surface area contributed by atoms with Crippen LogP contribution in [0.4, 0.5) is 0 Å². The van der Waals surface area contributed by atoms with E-state index in [1.165, 1.54) is 21.8 Å². The van der Waals surface area contributed by atoms with Gasteiger partial charge in [0.05, 0.1) is 32.2 Å². The molecule has 10 atom stereocenters. The maximum absolute atomic E-state index is 13.1. The number of ether oxygens (including phenoxy) is 2. The lowest BCUT2D eigenvalue weighted by atomic mass is 10.1. The number of nitrogens with one attached hydrogen (secondary N) is 1. The van der Waals surface area contributed by atoms with Crippen LogP contribution in [-0.2, 0) is 36.7 Å². The van der Waals surface area contributed by atoms with Gasteiger partial charge in [0.1, 0.15) is 43.0 Å². The number of nitrogens with zero attached hydrogens (tertiary/aromatic N) is 8. The second-order valence-electron chi connectivity index (χ2n) is 10.6. The summed E-state index contributed by atoms with van der Waals surface area (Å²) in [6, 6.07) is 0. The molecule has 244 valence electrons. The number of phosphoric acid groups is 2. The maximum atomic E-state index is 13.1. The second-order valence-corrected chi connectivity index (χ2v) is 13.4. The summed E-state index contributed by atoms with van der Waals surface area (Å²) in [5, 5.41) is 22.4. The molecule has 5 N–H and O–H groups in total. The number of phosphoric ester groups is 2. The molecule has 5 aromatic heterocycles. The number of aliphatic hydroxyl groups is 2. The Kier molecular flexibility index (Phi) is 6.99. The number of imidazole rings is 3. The molecule has 0 aromatic carbocycles. The highest BCUT2D eigenvalue weighted by Gasteiger charge is 2.54. The molecule has 8 heterocycles. The highest BCUT2D eigenvalue weighted by atomic mass is 31.2. The zero-order valence-corrected chi connectivity index (χ0v) is 24.7. The Balaban J connectivity index is 1.08. The van der Waals surface area contributed by atoms with E-state index in [4.69, 9.17) is 27.6 Å². The number of H-pyrrole nitrogens is 1. The van der Waals surface area contributed by atoms with E-state index in [1.54, 1.807) is 16.8 Å². The van der Waals surface area contributed by atoms with Crippen molar-refractivity contribution in [3.63, 3.8) is 0 Å². The Bertz CT molecular complexity index is 2120. The molecule has 0 bridgehead atoms. The van der Waals surface area contributed by atoms with Gasteiger partial charge in [0.2, 0.25) is 0 Å². The van der Waals surface area contributed by atoms with Crippen LogP contribution in [0.25, 0.3) is 28.0 Å². The first-order valence-corrected chi connectivity index (χ1v) is 16.5. The van der Waals surface area contributed by atoms with E-state index in [1.807, 2.05) is 0 Å². The first kappa shape index (κ1) is 29.9. The molecule has 3 aliphatic rings. The number of fused-ring (bicyclic) bond motifs is 6. The summed E-state index contributed by atoms with van der Waals surface area (Å²) in [5.74, 6) is 0. The average molecular weight is 683 g/mol. The van der Waals surface area contributed by atoms with Crippen LogP contribution < -0.4 is 5.56 Å². The number of aromatic amines is 1. The molecule has 24 heteroatoms. The number of aromatic nitrogens is 9. The molecule has 0 amide bonds. The second kappa shape index (κ2) is 10.8. The van der Waals surface area contributed by atoms with Crippen molar-refractivity contribution in [1.82, 2.24) is 43.4 Å². The van der Waals surface area contributed by atoms with Gasteiger partial charge in [-0.2, -0.15) is 0 Å². The first-order chi connectivity index (χ1) is 22.0. The van der Waals surface area contributed by atoms with Crippen LogP contribution in [0.5, 0.6) is 0 Å². The summed E-state index contributed by atoms with van der Waals surface area (Å²) in [6.45, 7) is -1.59. The molecular formula is C22H23N9O13P2. The van der Waals surface area contributed by atoms with Gasteiger partial charge in [0.25, 0.3) is 5.56 Å². The van der Waals surface area contributed by atoms with Gasteiger partial charge in [-0.25, -0.2) is 34.0 Å². The normalized spacial score (nSPS) is 37.3. The van der Waals surface area contributed by atoms with E-state index in [2.05, 4.69) is 29.9 Å². The van der Waals surface area contributed by atoms with Crippen LogP contribution >= 0.6 is 15.6 Å². The minimum Gasteiger partial charge on any atom is -0.386 e. The Labute approximate surface area is 254 Å². The van der Waals surface area contributed by atoms with Gasteiger partial charge in [-0.05, 0) is 0 Å². The van der Waals surface area contributed by atoms with Gasteiger partial charge in [-0.1, -0.05) is 0 Å². The van der Waals surface area contributed by atoms with E-state index >= 15 is 0 Å². The van der Waals surface area contributed by atoms with Gasteiger partial charge in [-0.3, -0.25) is 36.4 Å². The van der Waals surface area contributed by atoms with Crippen molar-refractivity contribution < 1.29 is 56.7 Å². The van der Waals surface area contributed by atoms with Crippen molar-refractivity contribution in [3.05, 3.63) is 48.1 Å². The molecule has 46 heavy (non-hydrogen) atoms. The average Bonchev–Trinajstić information content (AvgIpc) is 3.83. The zero-order chi connectivity index (χ0) is 32.0. The number of hydrogen-bond donors (Lipinski definition) is 5. The fourth-order valence-corrected chi connectivity index (χ4v) is 7.64. The Hall–Kier alpha value is -3.50. The van der Waals surface area contributed by atoms with Gasteiger partial charge >= 0.3 is 15.6 Å². The molecule has 0 saturated carbocycles. The third-order valence-electron chi connectivity index (χ3n) is 7.80. The molecule has 3 fully saturated rings. The van der Waals surface area contributed by atoms with Crippen molar-refractivity contribution in [2.24, 2.45) is 0 Å². The Morgan fingerprint density at radius 2 is 1.33 bits per heavy atom. The topological polar surface area (TPSA) is 282 Å². The van der Waals surface area contributed by atoms with E-state index in [0.29, 0.717) is 11.2 Å². The van der Waals surface area contributed by atoms with Crippen molar-refractivity contribution in [1.29, 1.82) is 0 Å². The molecule has 5 aromatic rings. The zero-order valence-electron chi connectivity index (χ0n) is 22.9. The molecule has 22 nitrogen and oxygen atoms in total. The molecule has 2 unspecified atom stereocenters. The lowest BCUT2D eigenvalue weighted by molar-refractivity contribution is -0.0664. The van der Waals surface area contributed by atoms with Crippen LogP contribution in [0.1, 0.15) is 12.5 Å². The van der Waals surface area contributed by atoms with E-state index in [-0.39, 0.29) is 16.8 Å². The van der Waals surface area contributed by atoms with Crippen LogP contribution in [0.3, 0.4) is 0 Å². The monoisotopic (exact) mass is 683 g/mol. The SMILES string of the molecule is O=c1[nH]cnc2c1ncn2[C@@H]1O[C@@H]2COP(=O)(O)O[C@H]3[C@@H](O)[C@H](n4cnc5c4ncn4ccnc54)O[C@@H]3COP(=O)(O)O[C@H]2[C@H]1O. The summed E-state index contributed by atoms with van der Waals surface area (Å²) < 4.78 is 63.0. The van der Waals surface area contributed by atoms with Gasteiger partial charge in [0.15, 0.2) is 40.4 Å². The van der Waals surface area contributed by atoms with Crippen molar-refractivity contribution in [2.75, 3.05) is 13.2 Å². The molecule has 0 aliphatic carbocycles. The van der Waals surface area contributed by atoms with E-state index < -0.39 is 83.5 Å². The number of rotatable bonds is 2. The van der Waals surface area contributed by atoms with Crippen molar-refractivity contribution in [2.45, 2.75) is 49.1 Å². The Morgan fingerprint density at radius 3 is 1.93 bits per heavy atom. The highest BCUT2D eigenvalue weighted by molar-refractivity contribution is 7.47. The molecule has 8 rings (SSSR count). The van der Waals surface area contributed by atoms with E-state index in [9.17, 15) is 33.9 Å². The predicted molar refractivity (Wildman–Crippen MR) is 146 cm³/mol. The summed E-state index contributed by atoms with van der Waals surface area (Å²) in [4.78, 5) is 56.6. The molecule has 3 aliphatic heterocycles. The third kappa shape index (κ3) is 4.91.